The lowest BCUT2D eigenvalue weighted by Crippen LogP contribution is -2.07. The predicted molar refractivity (Wildman–Crippen MR) is 52.4 cm³/mol. The number of aromatic nitrogens is 2. The Balaban J connectivity index is 3.00. The molecule has 5 heteroatoms. The molecule has 0 fully saturated rings. The molecule has 0 aromatic carbocycles. The van der Waals surface area contributed by atoms with Crippen LogP contribution in [0.1, 0.15) is 29.7 Å². The second-order valence-electron chi connectivity index (χ2n) is 2.73. The first-order valence-corrected chi connectivity index (χ1v) is 4.67. The lowest BCUT2D eigenvalue weighted by molar-refractivity contribution is 0.0593. The third-order valence-corrected chi connectivity index (χ3v) is 1.80. The molecule has 0 aliphatic heterocycles. The molecule has 76 valence electrons. The monoisotopic (exact) mass is 214 g/mol. The number of halogens is 1. The summed E-state index contributed by atoms with van der Waals surface area (Å²) in [6.07, 6.45) is 1.60. The molecule has 0 saturated carbocycles. The molecule has 1 rings (SSSR count). The van der Waals surface area contributed by atoms with Gasteiger partial charge in [-0.15, -0.1) is 0 Å². The van der Waals surface area contributed by atoms with Crippen molar-refractivity contribution in [1.29, 1.82) is 0 Å². The van der Waals surface area contributed by atoms with Gasteiger partial charge in [0.05, 0.1) is 7.11 Å². The summed E-state index contributed by atoms with van der Waals surface area (Å²) in [5.41, 5.74) is 0.205. The Kier molecular flexibility index (Phi) is 3.83. The standard InChI is InChI=1S/C9H11ClN2O2/c1-3-4-8-11-6(9(13)14-2)5-7(10)12-8/h5H,3-4H2,1-2H3. The van der Waals surface area contributed by atoms with Crippen LogP contribution in [0.15, 0.2) is 6.07 Å². The number of esters is 1. The lowest BCUT2D eigenvalue weighted by Gasteiger charge is -2.02. The van der Waals surface area contributed by atoms with E-state index in [4.69, 9.17) is 11.6 Å². The minimum atomic E-state index is -0.494. The molecule has 0 atom stereocenters. The maximum absolute atomic E-state index is 11.2. The first-order valence-electron chi connectivity index (χ1n) is 4.29. The van der Waals surface area contributed by atoms with Crippen LogP contribution in [0.25, 0.3) is 0 Å². The van der Waals surface area contributed by atoms with Crippen LogP contribution >= 0.6 is 11.6 Å². The highest BCUT2D eigenvalue weighted by Crippen LogP contribution is 2.09. The molecule has 4 nitrogen and oxygen atoms in total. The number of rotatable bonds is 3. The topological polar surface area (TPSA) is 52.1 Å². The number of carbonyl (C=O) groups is 1. The molecule has 0 aliphatic carbocycles. The summed E-state index contributed by atoms with van der Waals surface area (Å²) in [6, 6.07) is 1.40. The molecular formula is C9H11ClN2O2. The summed E-state index contributed by atoms with van der Waals surface area (Å²) < 4.78 is 4.54. The zero-order valence-corrected chi connectivity index (χ0v) is 8.84. The Hall–Kier alpha value is -1.16. The van der Waals surface area contributed by atoms with E-state index in [2.05, 4.69) is 14.7 Å². The number of nitrogens with zero attached hydrogens (tertiary/aromatic N) is 2. The van der Waals surface area contributed by atoms with Crippen molar-refractivity contribution >= 4 is 17.6 Å². The lowest BCUT2D eigenvalue weighted by atomic mass is 10.3. The van der Waals surface area contributed by atoms with E-state index >= 15 is 0 Å². The largest absolute Gasteiger partial charge is 0.464 e. The van der Waals surface area contributed by atoms with Gasteiger partial charge in [0.1, 0.15) is 11.0 Å². The Bertz CT molecular complexity index is 342. The highest BCUT2D eigenvalue weighted by Gasteiger charge is 2.10. The summed E-state index contributed by atoms with van der Waals surface area (Å²) in [4.78, 5) is 19.2. The Morgan fingerprint density at radius 2 is 2.29 bits per heavy atom. The van der Waals surface area contributed by atoms with E-state index in [0.29, 0.717) is 12.2 Å². The normalized spacial score (nSPS) is 9.93. The van der Waals surface area contributed by atoms with E-state index < -0.39 is 5.97 Å². The summed E-state index contributed by atoms with van der Waals surface area (Å²) >= 11 is 5.73. The zero-order chi connectivity index (χ0) is 10.6. The Morgan fingerprint density at radius 3 is 2.86 bits per heavy atom. The quantitative estimate of drug-likeness (QED) is 0.569. The fourth-order valence-electron chi connectivity index (χ4n) is 1.01. The molecule has 0 spiro atoms. The average Bonchev–Trinajstić information content (AvgIpc) is 2.16. The third-order valence-electron chi connectivity index (χ3n) is 1.61. The predicted octanol–water partition coefficient (Wildman–Crippen LogP) is 1.87. The van der Waals surface area contributed by atoms with E-state index in [1.807, 2.05) is 6.92 Å². The molecule has 1 aromatic heterocycles. The summed E-state index contributed by atoms with van der Waals surface area (Å²) in [7, 11) is 1.30. The van der Waals surface area contributed by atoms with Crippen LogP contribution in [-0.4, -0.2) is 23.0 Å². The number of ether oxygens (including phenoxy) is 1. The van der Waals surface area contributed by atoms with Gasteiger partial charge in [-0.2, -0.15) is 0 Å². The van der Waals surface area contributed by atoms with Crippen LogP contribution in [0.3, 0.4) is 0 Å². The van der Waals surface area contributed by atoms with Crippen molar-refractivity contribution in [2.45, 2.75) is 19.8 Å². The van der Waals surface area contributed by atoms with E-state index in [0.717, 1.165) is 6.42 Å². The van der Waals surface area contributed by atoms with Gasteiger partial charge in [0, 0.05) is 12.5 Å². The molecule has 0 saturated heterocycles. The molecular weight excluding hydrogens is 204 g/mol. The molecule has 14 heavy (non-hydrogen) atoms. The molecule has 0 bridgehead atoms. The number of methoxy groups -OCH3 is 1. The molecule has 1 aromatic rings. The van der Waals surface area contributed by atoms with Crippen molar-refractivity contribution in [3.8, 4) is 0 Å². The van der Waals surface area contributed by atoms with E-state index in [1.165, 1.54) is 13.2 Å². The van der Waals surface area contributed by atoms with Crippen LogP contribution in [0.2, 0.25) is 5.15 Å². The molecule has 0 unspecified atom stereocenters. The maximum atomic E-state index is 11.2. The van der Waals surface area contributed by atoms with Crippen LogP contribution in [0.5, 0.6) is 0 Å². The summed E-state index contributed by atoms with van der Waals surface area (Å²) in [5.74, 6) is 0.0760. The van der Waals surface area contributed by atoms with Gasteiger partial charge in [-0.1, -0.05) is 18.5 Å². The number of carbonyl (C=O) groups excluding carboxylic acids is 1. The molecule has 0 N–H and O–H groups in total. The van der Waals surface area contributed by atoms with Crippen molar-refractivity contribution < 1.29 is 9.53 Å². The van der Waals surface area contributed by atoms with Gasteiger partial charge in [-0.25, -0.2) is 14.8 Å². The highest BCUT2D eigenvalue weighted by atomic mass is 35.5. The van der Waals surface area contributed by atoms with Crippen LogP contribution in [-0.2, 0) is 11.2 Å². The fourth-order valence-corrected chi connectivity index (χ4v) is 1.21. The zero-order valence-electron chi connectivity index (χ0n) is 8.08. The minimum absolute atomic E-state index is 0.205. The number of aryl methyl sites for hydroxylation is 1. The minimum Gasteiger partial charge on any atom is -0.464 e. The van der Waals surface area contributed by atoms with Crippen molar-refractivity contribution in [1.82, 2.24) is 9.97 Å². The van der Waals surface area contributed by atoms with E-state index in [1.54, 1.807) is 0 Å². The smallest absolute Gasteiger partial charge is 0.356 e. The maximum Gasteiger partial charge on any atom is 0.356 e. The van der Waals surface area contributed by atoms with Crippen molar-refractivity contribution in [3.63, 3.8) is 0 Å². The third kappa shape index (κ3) is 2.67. The van der Waals surface area contributed by atoms with Gasteiger partial charge >= 0.3 is 5.97 Å². The van der Waals surface area contributed by atoms with Crippen molar-refractivity contribution in [3.05, 3.63) is 22.7 Å². The van der Waals surface area contributed by atoms with Crippen molar-refractivity contribution in [2.75, 3.05) is 7.11 Å². The van der Waals surface area contributed by atoms with E-state index in [-0.39, 0.29) is 10.8 Å². The Morgan fingerprint density at radius 1 is 1.57 bits per heavy atom. The molecule has 1 heterocycles. The molecule has 0 radical (unpaired) electrons. The van der Waals surface area contributed by atoms with Gasteiger partial charge in [0.2, 0.25) is 0 Å². The molecule has 0 amide bonds. The van der Waals surface area contributed by atoms with Crippen LogP contribution in [0.4, 0.5) is 0 Å². The van der Waals surface area contributed by atoms with Gasteiger partial charge in [0.25, 0.3) is 0 Å². The van der Waals surface area contributed by atoms with Gasteiger partial charge < -0.3 is 4.74 Å². The second kappa shape index (κ2) is 4.91. The molecule has 0 aliphatic rings. The average molecular weight is 215 g/mol. The first kappa shape index (κ1) is 10.9. The summed E-state index contributed by atoms with van der Waals surface area (Å²) in [6.45, 7) is 2.00. The van der Waals surface area contributed by atoms with Crippen molar-refractivity contribution in [2.24, 2.45) is 0 Å². The van der Waals surface area contributed by atoms with Gasteiger partial charge in [-0.05, 0) is 6.42 Å². The fraction of sp³-hybridized carbons (Fsp3) is 0.444. The summed E-state index contributed by atoms with van der Waals surface area (Å²) in [5, 5.41) is 0.267. The highest BCUT2D eigenvalue weighted by molar-refractivity contribution is 6.29. The first-order chi connectivity index (χ1) is 6.67. The number of hydrogen-bond acceptors (Lipinski definition) is 4. The van der Waals surface area contributed by atoms with Gasteiger partial charge in [0.15, 0.2) is 5.69 Å². The van der Waals surface area contributed by atoms with Crippen LogP contribution in [0, 0.1) is 0 Å². The van der Waals surface area contributed by atoms with E-state index in [9.17, 15) is 4.79 Å². The van der Waals surface area contributed by atoms with Crippen LogP contribution < -0.4 is 0 Å². The Labute approximate surface area is 87.3 Å². The van der Waals surface area contributed by atoms with Gasteiger partial charge in [-0.3, -0.25) is 0 Å². The number of hydrogen-bond donors (Lipinski definition) is 0. The SMILES string of the molecule is CCCc1nc(Cl)cc(C(=O)OC)n1. The second-order valence-corrected chi connectivity index (χ2v) is 3.12.